The molecule has 116 valence electrons. The summed E-state index contributed by atoms with van der Waals surface area (Å²) in [4.78, 5) is 11.7. The molecule has 2 rings (SSSR count). The van der Waals surface area contributed by atoms with Crippen LogP contribution >= 0.6 is 0 Å². The molecule has 0 saturated heterocycles. The van der Waals surface area contributed by atoms with Crippen molar-refractivity contribution in [2.75, 3.05) is 11.9 Å². The molecule has 0 aromatic heterocycles. The van der Waals surface area contributed by atoms with Gasteiger partial charge in [0.1, 0.15) is 17.5 Å². The van der Waals surface area contributed by atoms with E-state index >= 15 is 0 Å². The second-order valence-electron chi connectivity index (χ2n) is 4.83. The van der Waals surface area contributed by atoms with Gasteiger partial charge in [0.25, 0.3) is 0 Å². The number of anilines is 1. The lowest BCUT2D eigenvalue weighted by atomic mass is 10.1. The number of carbonyl (C=O) groups is 1. The highest BCUT2D eigenvalue weighted by Crippen LogP contribution is 2.16. The zero-order valence-electron chi connectivity index (χ0n) is 11.9. The first kappa shape index (κ1) is 16.0. The van der Waals surface area contributed by atoms with Crippen molar-refractivity contribution in [2.24, 2.45) is 0 Å². The third kappa shape index (κ3) is 4.33. The van der Waals surface area contributed by atoms with Crippen LogP contribution in [0.1, 0.15) is 18.5 Å². The van der Waals surface area contributed by atoms with Crippen LogP contribution in [-0.4, -0.2) is 12.5 Å². The topological polar surface area (TPSA) is 41.1 Å². The Bertz CT molecular complexity index is 656. The van der Waals surface area contributed by atoms with Crippen molar-refractivity contribution in [2.45, 2.75) is 13.0 Å². The highest BCUT2D eigenvalue weighted by atomic mass is 19.1. The van der Waals surface area contributed by atoms with Gasteiger partial charge < -0.3 is 10.6 Å². The number of hydrogen-bond acceptors (Lipinski definition) is 2. The second-order valence-corrected chi connectivity index (χ2v) is 4.83. The minimum atomic E-state index is -0.775. The number of carbonyl (C=O) groups excluding carboxylic acids is 1. The van der Waals surface area contributed by atoms with E-state index in [-0.39, 0.29) is 24.1 Å². The Morgan fingerprint density at radius 2 is 1.73 bits per heavy atom. The van der Waals surface area contributed by atoms with Gasteiger partial charge in [0.2, 0.25) is 5.91 Å². The Kier molecular flexibility index (Phi) is 5.16. The van der Waals surface area contributed by atoms with Crippen molar-refractivity contribution < 1.29 is 18.0 Å². The summed E-state index contributed by atoms with van der Waals surface area (Å²) in [5.41, 5.74) is 0.468. The zero-order chi connectivity index (χ0) is 16.1. The van der Waals surface area contributed by atoms with Crippen LogP contribution in [0.2, 0.25) is 0 Å². The van der Waals surface area contributed by atoms with Crippen LogP contribution < -0.4 is 10.6 Å². The molecule has 0 bridgehead atoms. The smallest absolute Gasteiger partial charge is 0.238 e. The van der Waals surface area contributed by atoms with E-state index in [2.05, 4.69) is 10.6 Å². The maximum Gasteiger partial charge on any atom is 0.238 e. The first-order valence-corrected chi connectivity index (χ1v) is 6.69. The number of nitrogens with one attached hydrogen (secondary N) is 2. The number of amides is 1. The lowest BCUT2D eigenvalue weighted by molar-refractivity contribution is -0.115. The van der Waals surface area contributed by atoms with Crippen molar-refractivity contribution >= 4 is 11.6 Å². The molecule has 0 saturated carbocycles. The quantitative estimate of drug-likeness (QED) is 0.889. The Hall–Kier alpha value is -2.34. The van der Waals surface area contributed by atoms with Gasteiger partial charge in [-0.25, -0.2) is 13.2 Å². The van der Waals surface area contributed by atoms with Gasteiger partial charge in [0.15, 0.2) is 0 Å². The predicted molar refractivity (Wildman–Crippen MR) is 77.8 cm³/mol. The van der Waals surface area contributed by atoms with E-state index in [9.17, 15) is 18.0 Å². The molecule has 6 heteroatoms. The zero-order valence-corrected chi connectivity index (χ0v) is 11.9. The van der Waals surface area contributed by atoms with Crippen LogP contribution in [0.3, 0.4) is 0 Å². The van der Waals surface area contributed by atoms with Crippen molar-refractivity contribution in [3.05, 3.63) is 65.5 Å². The van der Waals surface area contributed by atoms with E-state index in [4.69, 9.17) is 0 Å². The summed E-state index contributed by atoms with van der Waals surface area (Å²) in [5.74, 6) is -2.39. The van der Waals surface area contributed by atoms with Gasteiger partial charge in [0, 0.05) is 23.4 Å². The highest BCUT2D eigenvalue weighted by molar-refractivity contribution is 5.92. The standard InChI is InChI=1S/C16H15F3N2O/c1-10(14-4-2-3-5-15(14)19)20-9-16(22)21-13-7-11(17)6-12(18)8-13/h2-8,10,20H,9H2,1H3,(H,21,22). The van der Waals surface area contributed by atoms with Gasteiger partial charge in [-0.05, 0) is 25.1 Å². The molecule has 0 aliphatic rings. The molecule has 0 aliphatic carbocycles. The molecule has 2 aromatic rings. The summed E-state index contributed by atoms with van der Waals surface area (Å²) in [5, 5.41) is 5.22. The fourth-order valence-corrected chi connectivity index (χ4v) is 2.01. The molecule has 22 heavy (non-hydrogen) atoms. The molecule has 1 unspecified atom stereocenters. The summed E-state index contributed by atoms with van der Waals surface area (Å²) in [7, 11) is 0. The second kappa shape index (κ2) is 7.09. The third-order valence-corrected chi connectivity index (χ3v) is 3.09. The SMILES string of the molecule is CC(NCC(=O)Nc1cc(F)cc(F)c1)c1ccccc1F. The molecule has 1 amide bonds. The molecular formula is C16H15F3N2O. The van der Waals surface area contributed by atoms with E-state index in [1.807, 2.05) is 0 Å². The first-order chi connectivity index (χ1) is 10.5. The van der Waals surface area contributed by atoms with Crippen molar-refractivity contribution in [3.8, 4) is 0 Å². The molecular weight excluding hydrogens is 293 g/mol. The van der Waals surface area contributed by atoms with Gasteiger partial charge in [-0.15, -0.1) is 0 Å². The average molecular weight is 308 g/mol. The summed E-state index contributed by atoms with van der Waals surface area (Å²) in [6.07, 6.45) is 0. The minimum Gasteiger partial charge on any atom is -0.325 e. The van der Waals surface area contributed by atoms with Crippen molar-refractivity contribution in [1.82, 2.24) is 5.32 Å². The summed E-state index contributed by atoms with van der Waals surface area (Å²) in [6.45, 7) is 1.60. The van der Waals surface area contributed by atoms with Gasteiger partial charge in [-0.2, -0.15) is 0 Å². The Morgan fingerprint density at radius 3 is 2.36 bits per heavy atom. The Balaban J connectivity index is 1.91. The van der Waals surface area contributed by atoms with E-state index in [1.165, 1.54) is 6.07 Å². The van der Waals surface area contributed by atoms with Gasteiger partial charge >= 0.3 is 0 Å². The number of benzene rings is 2. The fraction of sp³-hybridized carbons (Fsp3) is 0.188. The predicted octanol–water partition coefficient (Wildman–Crippen LogP) is 3.39. The molecule has 2 aromatic carbocycles. The Labute approximate surface area is 126 Å². The van der Waals surface area contributed by atoms with Gasteiger partial charge in [-0.1, -0.05) is 18.2 Å². The van der Waals surface area contributed by atoms with Crippen LogP contribution in [0.25, 0.3) is 0 Å². The fourth-order valence-electron chi connectivity index (χ4n) is 2.01. The maximum absolute atomic E-state index is 13.6. The minimum absolute atomic E-state index is 0.0304. The molecule has 2 N–H and O–H groups in total. The number of hydrogen-bond donors (Lipinski definition) is 2. The van der Waals surface area contributed by atoms with E-state index in [1.54, 1.807) is 25.1 Å². The van der Waals surface area contributed by atoms with Crippen LogP contribution in [0.4, 0.5) is 18.9 Å². The van der Waals surface area contributed by atoms with Crippen LogP contribution in [0, 0.1) is 17.5 Å². The molecule has 0 fully saturated rings. The molecule has 0 heterocycles. The highest BCUT2D eigenvalue weighted by Gasteiger charge is 2.12. The van der Waals surface area contributed by atoms with E-state index in [0.29, 0.717) is 11.6 Å². The summed E-state index contributed by atoms with van der Waals surface area (Å²) >= 11 is 0. The maximum atomic E-state index is 13.6. The van der Waals surface area contributed by atoms with Crippen molar-refractivity contribution in [1.29, 1.82) is 0 Å². The lowest BCUT2D eigenvalue weighted by Crippen LogP contribution is -2.30. The summed E-state index contributed by atoms with van der Waals surface area (Å²) in [6, 6.07) is 8.60. The number of rotatable bonds is 5. The summed E-state index contributed by atoms with van der Waals surface area (Å²) < 4.78 is 39.6. The number of halogens is 3. The van der Waals surface area contributed by atoms with E-state index in [0.717, 1.165) is 12.1 Å². The molecule has 0 aliphatic heterocycles. The van der Waals surface area contributed by atoms with Crippen LogP contribution in [0.5, 0.6) is 0 Å². The van der Waals surface area contributed by atoms with Crippen LogP contribution in [-0.2, 0) is 4.79 Å². The van der Waals surface area contributed by atoms with Crippen LogP contribution in [0.15, 0.2) is 42.5 Å². The van der Waals surface area contributed by atoms with Gasteiger partial charge in [0.05, 0.1) is 6.54 Å². The largest absolute Gasteiger partial charge is 0.325 e. The lowest BCUT2D eigenvalue weighted by Gasteiger charge is -2.15. The van der Waals surface area contributed by atoms with Crippen molar-refractivity contribution in [3.63, 3.8) is 0 Å². The monoisotopic (exact) mass is 308 g/mol. The Morgan fingerprint density at radius 1 is 1.09 bits per heavy atom. The first-order valence-electron chi connectivity index (χ1n) is 6.69. The average Bonchev–Trinajstić information content (AvgIpc) is 2.44. The van der Waals surface area contributed by atoms with E-state index < -0.39 is 17.5 Å². The molecule has 1 atom stereocenters. The normalized spacial score (nSPS) is 12.0. The molecule has 0 radical (unpaired) electrons. The molecule has 3 nitrogen and oxygen atoms in total. The van der Waals surface area contributed by atoms with Gasteiger partial charge in [-0.3, -0.25) is 4.79 Å². The third-order valence-electron chi connectivity index (χ3n) is 3.09. The molecule has 0 spiro atoms.